The lowest BCUT2D eigenvalue weighted by Crippen LogP contribution is -2.44. The molecule has 2 N–H and O–H groups in total. The lowest BCUT2D eigenvalue weighted by molar-refractivity contribution is -0.130. The van der Waals surface area contributed by atoms with Gasteiger partial charge in [-0.2, -0.15) is 0 Å². The number of hydrogen-bond donors (Lipinski definition) is 2. The molecule has 0 saturated heterocycles. The number of aliphatic hydroxyl groups is 1. The highest BCUT2D eigenvalue weighted by Gasteiger charge is 2.18. The summed E-state index contributed by atoms with van der Waals surface area (Å²) >= 11 is 1.26. The summed E-state index contributed by atoms with van der Waals surface area (Å²) in [5, 5.41) is 11.3. The molecule has 0 aliphatic heterocycles. The molecule has 6 heteroatoms. The Morgan fingerprint density at radius 3 is 2.75 bits per heavy atom. The highest BCUT2D eigenvalue weighted by atomic mass is 32.1. The first-order valence-electron chi connectivity index (χ1n) is 6.17. The highest BCUT2D eigenvalue weighted by molar-refractivity contribution is 7.14. The molecule has 0 aliphatic carbocycles. The van der Waals surface area contributed by atoms with Crippen molar-refractivity contribution in [3.8, 4) is 11.8 Å². The Kier molecular flexibility index (Phi) is 6.22. The van der Waals surface area contributed by atoms with E-state index < -0.39 is 6.04 Å². The van der Waals surface area contributed by atoms with E-state index in [4.69, 9.17) is 5.11 Å². The zero-order valence-corrected chi connectivity index (χ0v) is 12.6. The normalized spacial score (nSPS) is 11.2. The van der Waals surface area contributed by atoms with Crippen molar-refractivity contribution < 1.29 is 14.7 Å². The standard InChI is InChI=1S/C14H18N2O3S/c1-10(14(19)16(2)3)15-13(18)12-8-7-11(20-12)6-4-5-9-17/h7-8,10,17H,5,9H2,1-3H3,(H,15,18). The van der Waals surface area contributed by atoms with Crippen molar-refractivity contribution in [1.29, 1.82) is 0 Å². The average molecular weight is 294 g/mol. The highest BCUT2D eigenvalue weighted by Crippen LogP contribution is 2.15. The SMILES string of the molecule is CC(NC(=O)c1ccc(C#CCCO)s1)C(=O)N(C)C. The summed E-state index contributed by atoms with van der Waals surface area (Å²) in [5.74, 6) is 5.22. The minimum Gasteiger partial charge on any atom is -0.395 e. The summed E-state index contributed by atoms with van der Waals surface area (Å²) < 4.78 is 0. The maximum atomic E-state index is 12.0. The topological polar surface area (TPSA) is 69.6 Å². The summed E-state index contributed by atoms with van der Waals surface area (Å²) in [6.07, 6.45) is 0.411. The van der Waals surface area contributed by atoms with Crippen molar-refractivity contribution in [1.82, 2.24) is 10.2 Å². The molecule has 0 aromatic carbocycles. The number of nitrogens with zero attached hydrogens (tertiary/aromatic N) is 1. The molecule has 0 bridgehead atoms. The summed E-state index contributed by atoms with van der Waals surface area (Å²) in [4.78, 5) is 26.3. The molecule has 1 heterocycles. The van der Waals surface area contributed by atoms with Crippen LogP contribution in [-0.4, -0.2) is 48.6 Å². The largest absolute Gasteiger partial charge is 0.395 e. The summed E-state index contributed by atoms with van der Waals surface area (Å²) in [6, 6.07) is 2.86. The van der Waals surface area contributed by atoms with E-state index >= 15 is 0 Å². The van der Waals surface area contributed by atoms with E-state index in [2.05, 4.69) is 17.2 Å². The molecule has 0 fully saturated rings. The molecule has 1 rings (SSSR count). The Bertz CT molecular complexity index is 540. The van der Waals surface area contributed by atoms with E-state index in [-0.39, 0.29) is 18.4 Å². The second kappa shape index (κ2) is 7.68. The molecule has 1 unspecified atom stereocenters. The third kappa shape index (κ3) is 4.68. The van der Waals surface area contributed by atoms with Crippen molar-refractivity contribution in [2.75, 3.05) is 20.7 Å². The molecule has 0 spiro atoms. The van der Waals surface area contributed by atoms with Gasteiger partial charge in [0.05, 0.1) is 16.4 Å². The van der Waals surface area contributed by atoms with Crippen LogP contribution in [0.4, 0.5) is 0 Å². The maximum absolute atomic E-state index is 12.0. The van der Waals surface area contributed by atoms with Gasteiger partial charge in [-0.3, -0.25) is 9.59 Å². The summed E-state index contributed by atoms with van der Waals surface area (Å²) in [6.45, 7) is 1.67. The zero-order valence-electron chi connectivity index (χ0n) is 11.8. The Hall–Kier alpha value is -1.84. The molecule has 1 aromatic heterocycles. The van der Waals surface area contributed by atoms with E-state index in [9.17, 15) is 9.59 Å². The van der Waals surface area contributed by atoms with E-state index in [1.807, 2.05) is 0 Å². The Morgan fingerprint density at radius 2 is 2.15 bits per heavy atom. The molecule has 20 heavy (non-hydrogen) atoms. The smallest absolute Gasteiger partial charge is 0.262 e. The van der Waals surface area contributed by atoms with E-state index in [0.29, 0.717) is 11.3 Å². The first-order valence-corrected chi connectivity index (χ1v) is 6.99. The number of likely N-dealkylation sites (N-methyl/N-ethyl adjacent to an activating group) is 1. The second-order valence-corrected chi connectivity index (χ2v) is 5.45. The van der Waals surface area contributed by atoms with Crippen molar-refractivity contribution in [3.05, 3.63) is 21.9 Å². The number of rotatable bonds is 4. The number of aliphatic hydroxyl groups excluding tert-OH is 1. The van der Waals surface area contributed by atoms with Gasteiger partial charge in [-0.05, 0) is 19.1 Å². The van der Waals surface area contributed by atoms with E-state index in [0.717, 1.165) is 4.88 Å². The zero-order chi connectivity index (χ0) is 15.1. The third-order valence-electron chi connectivity index (χ3n) is 2.44. The molecule has 2 amide bonds. The number of amides is 2. The number of carbonyl (C=O) groups excluding carboxylic acids is 2. The fourth-order valence-electron chi connectivity index (χ4n) is 1.45. The first kappa shape index (κ1) is 16.2. The Labute approximate surface area is 122 Å². The fourth-order valence-corrected chi connectivity index (χ4v) is 2.23. The Balaban J connectivity index is 2.65. The Morgan fingerprint density at radius 1 is 1.45 bits per heavy atom. The number of thiophene rings is 1. The molecular weight excluding hydrogens is 276 g/mol. The quantitative estimate of drug-likeness (QED) is 0.803. The van der Waals surface area contributed by atoms with Gasteiger partial charge in [0, 0.05) is 20.5 Å². The monoisotopic (exact) mass is 294 g/mol. The first-order chi connectivity index (χ1) is 9.45. The molecular formula is C14H18N2O3S. The van der Waals surface area contributed by atoms with Gasteiger partial charge in [0.15, 0.2) is 0 Å². The van der Waals surface area contributed by atoms with Crippen LogP contribution in [0.5, 0.6) is 0 Å². The van der Waals surface area contributed by atoms with E-state index in [1.165, 1.54) is 16.2 Å². The van der Waals surface area contributed by atoms with Crippen LogP contribution in [0, 0.1) is 11.8 Å². The summed E-state index contributed by atoms with van der Waals surface area (Å²) in [5.41, 5.74) is 0. The molecule has 108 valence electrons. The van der Waals surface area contributed by atoms with Crippen LogP contribution >= 0.6 is 11.3 Å². The van der Waals surface area contributed by atoms with Crippen LogP contribution in [-0.2, 0) is 4.79 Å². The van der Waals surface area contributed by atoms with Crippen LogP contribution in [0.25, 0.3) is 0 Å². The minimum absolute atomic E-state index is 0.0237. The van der Waals surface area contributed by atoms with Gasteiger partial charge in [0.2, 0.25) is 5.91 Å². The van der Waals surface area contributed by atoms with Gasteiger partial charge >= 0.3 is 0 Å². The van der Waals surface area contributed by atoms with Crippen molar-refractivity contribution in [2.24, 2.45) is 0 Å². The predicted molar refractivity (Wildman–Crippen MR) is 78.5 cm³/mol. The van der Waals surface area contributed by atoms with Crippen LogP contribution < -0.4 is 5.32 Å². The molecule has 1 aromatic rings. The number of nitrogens with one attached hydrogen (secondary N) is 1. The van der Waals surface area contributed by atoms with Crippen LogP contribution in [0.1, 0.15) is 27.9 Å². The predicted octanol–water partition coefficient (Wildman–Crippen LogP) is 0.688. The third-order valence-corrected chi connectivity index (χ3v) is 3.44. The van der Waals surface area contributed by atoms with E-state index in [1.54, 1.807) is 33.2 Å². The van der Waals surface area contributed by atoms with Gasteiger partial charge in [-0.25, -0.2) is 0 Å². The van der Waals surface area contributed by atoms with Crippen molar-refractivity contribution in [3.63, 3.8) is 0 Å². The number of carbonyl (C=O) groups is 2. The van der Waals surface area contributed by atoms with Gasteiger partial charge < -0.3 is 15.3 Å². The molecule has 5 nitrogen and oxygen atoms in total. The van der Waals surface area contributed by atoms with Gasteiger partial charge in [-0.15, -0.1) is 11.3 Å². The van der Waals surface area contributed by atoms with Crippen molar-refractivity contribution >= 4 is 23.2 Å². The molecule has 0 aliphatic rings. The van der Waals surface area contributed by atoms with Crippen molar-refractivity contribution in [2.45, 2.75) is 19.4 Å². The molecule has 1 atom stereocenters. The number of hydrogen-bond acceptors (Lipinski definition) is 4. The van der Waals surface area contributed by atoms with Gasteiger partial charge in [-0.1, -0.05) is 11.8 Å². The molecule has 0 radical (unpaired) electrons. The van der Waals surface area contributed by atoms with Gasteiger partial charge in [0.1, 0.15) is 6.04 Å². The summed E-state index contributed by atoms with van der Waals surface area (Å²) in [7, 11) is 3.29. The fraction of sp³-hybridized carbons (Fsp3) is 0.429. The maximum Gasteiger partial charge on any atom is 0.262 e. The lowest BCUT2D eigenvalue weighted by atomic mass is 10.3. The van der Waals surface area contributed by atoms with Crippen LogP contribution in [0.2, 0.25) is 0 Å². The second-order valence-electron chi connectivity index (χ2n) is 4.37. The van der Waals surface area contributed by atoms with Gasteiger partial charge in [0.25, 0.3) is 5.91 Å². The van der Waals surface area contributed by atoms with Crippen LogP contribution in [0.3, 0.4) is 0 Å². The van der Waals surface area contributed by atoms with Crippen LogP contribution in [0.15, 0.2) is 12.1 Å². The average Bonchev–Trinajstić information content (AvgIpc) is 2.86. The molecule has 0 saturated carbocycles. The minimum atomic E-state index is -0.566. The lowest BCUT2D eigenvalue weighted by Gasteiger charge is -2.17.